The molecular formula is C25H20Cl2N2O4. The van der Waals surface area contributed by atoms with Gasteiger partial charge in [-0.05, 0) is 54.6 Å². The number of fused-ring (bicyclic) bond motifs is 1. The van der Waals surface area contributed by atoms with Crippen LogP contribution in [0.3, 0.4) is 0 Å². The smallest absolute Gasteiger partial charge is 0.262 e. The van der Waals surface area contributed by atoms with Crippen molar-refractivity contribution in [3.05, 3.63) is 87.0 Å². The molecule has 1 heterocycles. The minimum absolute atomic E-state index is 0.115. The molecular weight excluding hydrogens is 463 g/mol. The molecule has 0 atom stereocenters. The number of amides is 1. The molecule has 0 bridgehead atoms. The van der Waals surface area contributed by atoms with Gasteiger partial charge in [-0.3, -0.25) is 9.59 Å². The Hall–Kier alpha value is -3.48. The first kappa shape index (κ1) is 22.7. The number of nitrogens with one attached hydrogen (secondary N) is 1. The molecule has 3 aromatic carbocycles. The van der Waals surface area contributed by atoms with Crippen LogP contribution in [0.4, 0.5) is 11.4 Å². The van der Waals surface area contributed by atoms with Crippen LogP contribution < -0.4 is 20.4 Å². The van der Waals surface area contributed by atoms with Crippen molar-refractivity contribution >= 4 is 51.5 Å². The van der Waals surface area contributed by atoms with Crippen LogP contribution in [0, 0.1) is 0 Å². The van der Waals surface area contributed by atoms with Crippen LogP contribution >= 0.6 is 23.2 Å². The first-order valence-electron chi connectivity index (χ1n) is 10.0. The molecule has 0 saturated heterocycles. The Morgan fingerprint density at radius 1 is 1.03 bits per heavy atom. The highest BCUT2D eigenvalue weighted by molar-refractivity contribution is 6.33. The van der Waals surface area contributed by atoms with E-state index in [9.17, 15) is 9.59 Å². The number of rotatable bonds is 6. The molecule has 4 aromatic rings. The standard InChI is InChI=1S/C25H20Cl2N2O4/c1-29(2)17-10-8-16(9-11-17)28-22(30)14-32-25-23(31)19-13-15(26)7-12-21(19)33-24(25)18-5-3-4-6-20(18)27/h3-13H,14H2,1-2H3,(H,28,30). The monoisotopic (exact) mass is 482 g/mol. The Morgan fingerprint density at radius 3 is 2.45 bits per heavy atom. The van der Waals surface area contributed by atoms with E-state index in [2.05, 4.69) is 5.32 Å². The molecule has 0 aliphatic rings. The average Bonchev–Trinajstić information content (AvgIpc) is 2.79. The summed E-state index contributed by atoms with van der Waals surface area (Å²) in [7, 11) is 3.86. The quantitative estimate of drug-likeness (QED) is 0.373. The van der Waals surface area contributed by atoms with Gasteiger partial charge in [-0.25, -0.2) is 0 Å². The molecule has 168 valence electrons. The van der Waals surface area contributed by atoms with E-state index in [4.69, 9.17) is 32.4 Å². The predicted molar refractivity (Wildman–Crippen MR) is 133 cm³/mol. The molecule has 0 saturated carbocycles. The molecule has 0 aliphatic heterocycles. The molecule has 1 N–H and O–H groups in total. The minimum Gasteiger partial charge on any atom is -0.476 e. The highest BCUT2D eigenvalue weighted by atomic mass is 35.5. The third kappa shape index (κ3) is 4.97. The summed E-state index contributed by atoms with van der Waals surface area (Å²) >= 11 is 12.4. The maximum atomic E-state index is 13.2. The molecule has 1 aromatic heterocycles. The van der Waals surface area contributed by atoms with Crippen molar-refractivity contribution in [1.29, 1.82) is 0 Å². The fourth-order valence-electron chi connectivity index (χ4n) is 3.28. The SMILES string of the molecule is CN(C)c1ccc(NC(=O)COc2c(-c3ccccc3Cl)oc3ccc(Cl)cc3c2=O)cc1. The zero-order valence-corrected chi connectivity index (χ0v) is 19.4. The van der Waals surface area contributed by atoms with Crippen LogP contribution in [0.25, 0.3) is 22.3 Å². The Morgan fingerprint density at radius 2 is 1.76 bits per heavy atom. The van der Waals surface area contributed by atoms with E-state index in [0.29, 0.717) is 26.9 Å². The zero-order valence-electron chi connectivity index (χ0n) is 17.9. The maximum Gasteiger partial charge on any atom is 0.262 e. The summed E-state index contributed by atoms with van der Waals surface area (Å²) in [6, 6.07) is 19.0. The van der Waals surface area contributed by atoms with Gasteiger partial charge in [-0.15, -0.1) is 0 Å². The van der Waals surface area contributed by atoms with Crippen LogP contribution in [-0.2, 0) is 4.79 Å². The van der Waals surface area contributed by atoms with Gasteiger partial charge in [-0.2, -0.15) is 0 Å². The maximum absolute atomic E-state index is 13.2. The molecule has 0 unspecified atom stereocenters. The number of carbonyl (C=O) groups is 1. The first-order chi connectivity index (χ1) is 15.8. The summed E-state index contributed by atoms with van der Waals surface area (Å²) in [6.07, 6.45) is 0. The van der Waals surface area contributed by atoms with Crippen molar-refractivity contribution in [2.45, 2.75) is 0 Å². The molecule has 0 spiro atoms. The summed E-state index contributed by atoms with van der Waals surface area (Å²) < 4.78 is 11.7. The molecule has 0 fully saturated rings. The fourth-order valence-corrected chi connectivity index (χ4v) is 3.68. The first-order valence-corrected chi connectivity index (χ1v) is 10.8. The second-order valence-electron chi connectivity index (χ2n) is 7.49. The van der Waals surface area contributed by atoms with Gasteiger partial charge in [0.15, 0.2) is 12.4 Å². The van der Waals surface area contributed by atoms with E-state index in [1.54, 1.807) is 48.5 Å². The molecule has 4 rings (SSSR count). The minimum atomic E-state index is -0.447. The van der Waals surface area contributed by atoms with Crippen LogP contribution in [0.5, 0.6) is 5.75 Å². The van der Waals surface area contributed by atoms with Crippen molar-refractivity contribution in [1.82, 2.24) is 0 Å². The number of ether oxygens (including phenoxy) is 1. The summed E-state index contributed by atoms with van der Waals surface area (Å²) in [5, 5.41) is 3.75. The fraction of sp³-hybridized carbons (Fsp3) is 0.120. The van der Waals surface area contributed by atoms with E-state index in [0.717, 1.165) is 5.69 Å². The van der Waals surface area contributed by atoms with Crippen molar-refractivity contribution in [3.8, 4) is 17.1 Å². The van der Waals surface area contributed by atoms with Crippen molar-refractivity contribution < 1.29 is 13.9 Å². The lowest BCUT2D eigenvalue weighted by Gasteiger charge is -2.14. The molecule has 1 amide bonds. The van der Waals surface area contributed by atoms with E-state index >= 15 is 0 Å². The average molecular weight is 483 g/mol. The second-order valence-corrected chi connectivity index (χ2v) is 8.33. The van der Waals surface area contributed by atoms with E-state index in [1.807, 2.05) is 31.1 Å². The van der Waals surface area contributed by atoms with E-state index in [1.165, 1.54) is 6.07 Å². The summed E-state index contributed by atoms with van der Waals surface area (Å²) in [6.45, 7) is -0.399. The van der Waals surface area contributed by atoms with Crippen LogP contribution in [0.1, 0.15) is 0 Å². The molecule has 33 heavy (non-hydrogen) atoms. The molecule has 6 nitrogen and oxygen atoms in total. The van der Waals surface area contributed by atoms with E-state index in [-0.39, 0.29) is 16.9 Å². The molecule has 0 radical (unpaired) electrons. The number of carbonyl (C=O) groups excluding carboxylic acids is 1. The lowest BCUT2D eigenvalue weighted by atomic mass is 10.1. The highest BCUT2D eigenvalue weighted by Gasteiger charge is 2.21. The van der Waals surface area contributed by atoms with E-state index < -0.39 is 17.9 Å². The predicted octanol–water partition coefficient (Wildman–Crippen LogP) is 5.85. The van der Waals surface area contributed by atoms with Crippen molar-refractivity contribution in [2.24, 2.45) is 0 Å². The Kier molecular flexibility index (Phi) is 6.58. The lowest BCUT2D eigenvalue weighted by molar-refractivity contribution is -0.118. The topological polar surface area (TPSA) is 71.8 Å². The van der Waals surface area contributed by atoms with Crippen molar-refractivity contribution in [2.75, 3.05) is 30.9 Å². The molecule has 8 heteroatoms. The zero-order chi connectivity index (χ0) is 23.5. The van der Waals surface area contributed by atoms with Gasteiger partial charge in [0, 0.05) is 36.1 Å². The summed E-state index contributed by atoms with van der Waals surface area (Å²) in [5.74, 6) is -0.400. The number of halogens is 2. The molecule has 0 aliphatic carbocycles. The Balaban J connectivity index is 1.65. The van der Waals surface area contributed by atoms with Gasteiger partial charge in [-0.1, -0.05) is 35.3 Å². The lowest BCUT2D eigenvalue weighted by Crippen LogP contribution is -2.22. The van der Waals surface area contributed by atoms with Gasteiger partial charge < -0.3 is 19.4 Å². The third-order valence-electron chi connectivity index (χ3n) is 4.94. The number of anilines is 2. The summed E-state index contributed by atoms with van der Waals surface area (Å²) in [5.41, 5.74) is 1.97. The Bertz CT molecular complexity index is 1380. The van der Waals surface area contributed by atoms with Crippen LogP contribution in [0.15, 0.2) is 75.9 Å². The van der Waals surface area contributed by atoms with Gasteiger partial charge in [0.05, 0.1) is 10.4 Å². The third-order valence-corrected chi connectivity index (χ3v) is 5.51. The number of nitrogens with zero attached hydrogens (tertiary/aromatic N) is 1. The van der Waals surface area contributed by atoms with Crippen LogP contribution in [-0.4, -0.2) is 26.6 Å². The number of hydrogen-bond donors (Lipinski definition) is 1. The normalized spacial score (nSPS) is 10.8. The largest absolute Gasteiger partial charge is 0.476 e. The van der Waals surface area contributed by atoms with Gasteiger partial charge in [0.1, 0.15) is 5.58 Å². The number of hydrogen-bond acceptors (Lipinski definition) is 5. The second kappa shape index (κ2) is 9.57. The van der Waals surface area contributed by atoms with Crippen molar-refractivity contribution in [3.63, 3.8) is 0 Å². The van der Waals surface area contributed by atoms with Gasteiger partial charge in [0.2, 0.25) is 11.2 Å². The number of benzene rings is 3. The summed E-state index contributed by atoms with van der Waals surface area (Å²) in [4.78, 5) is 27.7. The van der Waals surface area contributed by atoms with Crippen LogP contribution in [0.2, 0.25) is 10.0 Å². The van der Waals surface area contributed by atoms with Gasteiger partial charge >= 0.3 is 0 Å². The Labute approximate surface area is 200 Å². The highest BCUT2D eigenvalue weighted by Crippen LogP contribution is 2.35. The van der Waals surface area contributed by atoms with Gasteiger partial charge in [0.25, 0.3) is 5.91 Å².